The van der Waals surface area contributed by atoms with Crippen LogP contribution >= 0.6 is 34.4 Å². The van der Waals surface area contributed by atoms with Gasteiger partial charge in [0.15, 0.2) is 5.17 Å². The maximum atomic E-state index is 13.8. The number of nitrogens with one attached hydrogen (secondary N) is 1. The second-order valence-corrected chi connectivity index (χ2v) is 8.85. The second kappa shape index (κ2) is 8.16. The van der Waals surface area contributed by atoms with E-state index in [1.54, 1.807) is 18.2 Å². The number of thioether (sulfide) groups is 1. The average molecular weight is 517 g/mol. The first kappa shape index (κ1) is 19.9. The van der Waals surface area contributed by atoms with E-state index in [0.717, 1.165) is 22.6 Å². The van der Waals surface area contributed by atoms with Crippen molar-refractivity contribution in [3.05, 3.63) is 85.8 Å². The molecular formula is C22H17FIN3OS. The number of aryl methyl sites for hydroxylation is 1. The fourth-order valence-corrected chi connectivity index (χ4v) is 4.38. The van der Waals surface area contributed by atoms with Crippen molar-refractivity contribution >= 4 is 57.2 Å². The van der Waals surface area contributed by atoms with E-state index >= 15 is 0 Å². The maximum absolute atomic E-state index is 13.8. The molecule has 7 heteroatoms. The van der Waals surface area contributed by atoms with Crippen molar-refractivity contribution in [3.63, 3.8) is 0 Å². The predicted molar refractivity (Wildman–Crippen MR) is 125 cm³/mol. The number of aromatic nitrogens is 1. The first-order valence-corrected chi connectivity index (χ1v) is 10.8. The minimum absolute atomic E-state index is 0.202. The molecule has 1 N–H and O–H groups in total. The van der Waals surface area contributed by atoms with Crippen LogP contribution in [0.5, 0.6) is 0 Å². The van der Waals surface area contributed by atoms with Crippen LogP contribution in [0, 0.1) is 23.2 Å². The van der Waals surface area contributed by atoms with Gasteiger partial charge in [0.1, 0.15) is 11.5 Å². The molecule has 1 aliphatic rings. The molecule has 146 valence electrons. The van der Waals surface area contributed by atoms with E-state index < -0.39 is 5.82 Å². The third kappa shape index (κ3) is 4.16. The lowest BCUT2D eigenvalue weighted by molar-refractivity contribution is -0.115. The van der Waals surface area contributed by atoms with Crippen molar-refractivity contribution < 1.29 is 9.18 Å². The lowest BCUT2D eigenvalue weighted by Crippen LogP contribution is -2.19. The molecule has 4 nitrogen and oxygen atoms in total. The molecule has 0 unspecified atom stereocenters. The van der Waals surface area contributed by atoms with Crippen molar-refractivity contribution in [1.29, 1.82) is 0 Å². The Morgan fingerprint density at radius 2 is 1.86 bits per heavy atom. The topological polar surface area (TPSA) is 46.4 Å². The van der Waals surface area contributed by atoms with Gasteiger partial charge < -0.3 is 9.88 Å². The summed E-state index contributed by atoms with van der Waals surface area (Å²) in [6.07, 6.45) is 1.86. The third-order valence-corrected chi connectivity index (χ3v) is 6.20. The van der Waals surface area contributed by atoms with Gasteiger partial charge in [-0.2, -0.15) is 0 Å². The number of benzene rings is 2. The highest BCUT2D eigenvalue weighted by molar-refractivity contribution is 14.1. The standard InChI is InChI=1S/C22H17FIN3OS/c1-13-11-15(14(2)27(13)17-9-7-16(24)8-10-17)12-20-21(28)26-22(29-20)25-19-6-4-3-5-18(19)23/h3-12H,1-2H3,(H,25,26,28)/b20-12-. The van der Waals surface area contributed by atoms with Crippen LogP contribution in [0.25, 0.3) is 11.8 Å². The minimum Gasteiger partial charge on any atom is -0.318 e. The van der Waals surface area contributed by atoms with Crippen LogP contribution in [0.4, 0.5) is 10.1 Å². The molecule has 2 aromatic carbocycles. The number of amidine groups is 1. The SMILES string of the molecule is Cc1cc(/C=C2\SC(=Nc3ccccc3F)NC2=O)c(C)n1-c1ccc(I)cc1. The first-order valence-electron chi connectivity index (χ1n) is 8.91. The molecule has 0 spiro atoms. The van der Waals surface area contributed by atoms with Crippen LogP contribution in [-0.4, -0.2) is 15.6 Å². The van der Waals surface area contributed by atoms with Crippen LogP contribution in [0.3, 0.4) is 0 Å². The highest BCUT2D eigenvalue weighted by atomic mass is 127. The Hall–Kier alpha value is -2.39. The largest absolute Gasteiger partial charge is 0.318 e. The van der Waals surface area contributed by atoms with Crippen LogP contribution in [0.1, 0.15) is 17.0 Å². The quantitative estimate of drug-likeness (QED) is 0.357. The molecule has 1 amide bonds. The van der Waals surface area contributed by atoms with Gasteiger partial charge in [-0.3, -0.25) is 4.79 Å². The molecule has 1 aromatic heterocycles. The summed E-state index contributed by atoms with van der Waals surface area (Å²) in [4.78, 5) is 17.1. The molecule has 3 aromatic rings. The highest BCUT2D eigenvalue weighted by Gasteiger charge is 2.25. The van der Waals surface area contributed by atoms with Gasteiger partial charge in [0.05, 0.1) is 4.91 Å². The van der Waals surface area contributed by atoms with Crippen molar-refractivity contribution in [2.75, 3.05) is 0 Å². The Morgan fingerprint density at radius 1 is 1.14 bits per heavy atom. The Balaban J connectivity index is 1.65. The number of aliphatic imine (C=N–C) groups is 1. The normalized spacial score (nSPS) is 16.6. The molecule has 0 saturated carbocycles. The van der Waals surface area contributed by atoms with Gasteiger partial charge in [0.2, 0.25) is 0 Å². The van der Waals surface area contributed by atoms with Crippen LogP contribution in [-0.2, 0) is 4.79 Å². The second-order valence-electron chi connectivity index (χ2n) is 6.57. The zero-order chi connectivity index (χ0) is 20.5. The summed E-state index contributed by atoms with van der Waals surface area (Å²) in [6, 6.07) is 16.6. The summed E-state index contributed by atoms with van der Waals surface area (Å²) < 4.78 is 17.2. The third-order valence-electron chi connectivity index (χ3n) is 4.57. The molecule has 0 bridgehead atoms. The highest BCUT2D eigenvalue weighted by Crippen LogP contribution is 2.31. The Kier molecular flexibility index (Phi) is 5.60. The fourth-order valence-electron chi connectivity index (χ4n) is 3.19. The molecule has 0 radical (unpaired) electrons. The minimum atomic E-state index is -0.423. The number of carbonyl (C=O) groups excluding carboxylic acids is 1. The van der Waals surface area contributed by atoms with Gasteiger partial charge in [0, 0.05) is 20.6 Å². The molecule has 29 heavy (non-hydrogen) atoms. The molecule has 1 fully saturated rings. The van der Waals surface area contributed by atoms with Gasteiger partial charge in [-0.15, -0.1) is 0 Å². The van der Waals surface area contributed by atoms with E-state index in [9.17, 15) is 9.18 Å². The Bertz CT molecular complexity index is 1170. The Morgan fingerprint density at radius 3 is 2.59 bits per heavy atom. The number of nitrogens with zero attached hydrogens (tertiary/aromatic N) is 2. The molecule has 1 aliphatic heterocycles. The summed E-state index contributed by atoms with van der Waals surface area (Å²) in [7, 11) is 0. The number of hydrogen-bond donors (Lipinski definition) is 1. The lowest BCUT2D eigenvalue weighted by Gasteiger charge is -2.09. The van der Waals surface area contributed by atoms with Crippen molar-refractivity contribution in [2.24, 2.45) is 4.99 Å². The van der Waals surface area contributed by atoms with Crippen molar-refractivity contribution in [2.45, 2.75) is 13.8 Å². The summed E-state index contributed by atoms with van der Waals surface area (Å²) in [5, 5.41) is 3.08. The van der Waals surface area contributed by atoms with Gasteiger partial charge >= 0.3 is 0 Å². The van der Waals surface area contributed by atoms with E-state index in [-0.39, 0.29) is 11.6 Å². The summed E-state index contributed by atoms with van der Waals surface area (Å²) >= 11 is 3.50. The number of halogens is 2. The van der Waals surface area contributed by atoms with E-state index in [1.165, 1.54) is 21.4 Å². The average Bonchev–Trinajstić information content (AvgIpc) is 3.17. The summed E-state index contributed by atoms with van der Waals surface area (Å²) in [6.45, 7) is 4.07. The lowest BCUT2D eigenvalue weighted by atomic mass is 10.2. The van der Waals surface area contributed by atoms with Gasteiger partial charge in [0.25, 0.3) is 5.91 Å². The van der Waals surface area contributed by atoms with Crippen molar-refractivity contribution in [3.8, 4) is 5.69 Å². The number of rotatable bonds is 3. The molecule has 1 saturated heterocycles. The number of hydrogen-bond acceptors (Lipinski definition) is 3. The van der Waals surface area contributed by atoms with E-state index in [2.05, 4.69) is 67.8 Å². The van der Waals surface area contributed by atoms with Gasteiger partial charge in [-0.25, -0.2) is 9.38 Å². The van der Waals surface area contributed by atoms with Crippen LogP contribution in [0.15, 0.2) is 64.5 Å². The van der Waals surface area contributed by atoms with E-state index in [0.29, 0.717) is 10.1 Å². The van der Waals surface area contributed by atoms with Crippen LogP contribution < -0.4 is 5.32 Å². The maximum Gasteiger partial charge on any atom is 0.264 e. The monoisotopic (exact) mass is 517 g/mol. The summed E-state index contributed by atoms with van der Waals surface area (Å²) in [5.74, 6) is -0.655. The van der Waals surface area contributed by atoms with Crippen LogP contribution in [0.2, 0.25) is 0 Å². The summed E-state index contributed by atoms with van der Waals surface area (Å²) in [5.41, 5.74) is 4.37. The fraction of sp³-hybridized carbons (Fsp3) is 0.0909. The smallest absolute Gasteiger partial charge is 0.264 e. The molecule has 2 heterocycles. The number of carbonyl (C=O) groups is 1. The molecule has 4 rings (SSSR count). The van der Waals surface area contributed by atoms with E-state index in [1.807, 2.05) is 19.9 Å². The van der Waals surface area contributed by atoms with Crippen molar-refractivity contribution in [1.82, 2.24) is 9.88 Å². The zero-order valence-corrected chi connectivity index (χ0v) is 18.7. The van der Waals surface area contributed by atoms with Gasteiger partial charge in [-0.05, 0) is 102 Å². The Labute approximate surface area is 186 Å². The number of amides is 1. The van der Waals surface area contributed by atoms with E-state index in [4.69, 9.17) is 0 Å². The molecule has 0 aliphatic carbocycles. The number of para-hydroxylation sites is 1. The molecular weight excluding hydrogens is 500 g/mol. The van der Waals surface area contributed by atoms with Gasteiger partial charge in [-0.1, -0.05) is 12.1 Å². The first-order chi connectivity index (χ1) is 13.9. The zero-order valence-electron chi connectivity index (χ0n) is 15.7. The molecule has 0 atom stereocenters. The predicted octanol–water partition coefficient (Wildman–Crippen LogP) is 5.73.